The zero-order valence-electron chi connectivity index (χ0n) is 21.6. The number of ether oxygens (including phenoxy) is 1. The van der Waals surface area contributed by atoms with E-state index in [0.717, 1.165) is 4.31 Å². The minimum Gasteiger partial charge on any atom is -0.494 e. The van der Waals surface area contributed by atoms with E-state index in [1.165, 1.54) is 24.1 Å². The Bertz CT molecular complexity index is 1330. The van der Waals surface area contributed by atoms with E-state index in [1.807, 2.05) is 6.92 Å². The molecule has 0 fully saturated rings. The summed E-state index contributed by atoms with van der Waals surface area (Å²) in [6, 6.07) is 20.6. The molecular formula is C28H32ClN3O5S. The highest BCUT2D eigenvalue weighted by molar-refractivity contribution is 7.92. The Labute approximate surface area is 229 Å². The van der Waals surface area contributed by atoms with Gasteiger partial charge in [0.2, 0.25) is 11.8 Å². The van der Waals surface area contributed by atoms with E-state index in [4.69, 9.17) is 16.3 Å². The van der Waals surface area contributed by atoms with Gasteiger partial charge in [-0.15, -0.1) is 0 Å². The number of nitrogens with zero attached hydrogens (tertiary/aromatic N) is 2. The van der Waals surface area contributed by atoms with Gasteiger partial charge in [-0.3, -0.25) is 13.9 Å². The number of hydrogen-bond acceptors (Lipinski definition) is 5. The highest BCUT2D eigenvalue weighted by atomic mass is 35.5. The Kier molecular flexibility index (Phi) is 10.2. The minimum atomic E-state index is -4.15. The monoisotopic (exact) mass is 557 g/mol. The third-order valence-electron chi connectivity index (χ3n) is 5.98. The first kappa shape index (κ1) is 29.0. The molecule has 0 heterocycles. The first-order valence-electron chi connectivity index (χ1n) is 12.3. The van der Waals surface area contributed by atoms with Crippen LogP contribution in [0.5, 0.6) is 5.75 Å². The molecular weight excluding hydrogens is 526 g/mol. The average molecular weight is 558 g/mol. The van der Waals surface area contributed by atoms with Gasteiger partial charge in [0.15, 0.2) is 0 Å². The fourth-order valence-corrected chi connectivity index (χ4v) is 5.63. The van der Waals surface area contributed by atoms with E-state index in [-0.39, 0.29) is 17.3 Å². The Morgan fingerprint density at radius 1 is 0.947 bits per heavy atom. The number of sulfonamides is 1. The number of likely N-dealkylation sites (N-methyl/N-ethyl adjacent to an activating group) is 1. The smallest absolute Gasteiger partial charge is 0.264 e. The molecule has 1 atom stereocenters. The lowest BCUT2D eigenvalue weighted by molar-refractivity contribution is -0.140. The maximum absolute atomic E-state index is 13.9. The molecule has 3 rings (SSSR count). The van der Waals surface area contributed by atoms with Gasteiger partial charge in [0.25, 0.3) is 10.0 Å². The molecule has 0 saturated heterocycles. The number of amides is 2. The highest BCUT2D eigenvalue weighted by Gasteiger charge is 2.33. The minimum absolute atomic E-state index is 0.00797. The van der Waals surface area contributed by atoms with Gasteiger partial charge in [0, 0.05) is 18.6 Å². The number of anilines is 1. The van der Waals surface area contributed by atoms with E-state index in [1.54, 1.807) is 73.7 Å². The molecule has 3 aromatic rings. The molecule has 38 heavy (non-hydrogen) atoms. The lowest BCUT2D eigenvalue weighted by atomic mass is 10.1. The summed E-state index contributed by atoms with van der Waals surface area (Å²) in [5.41, 5.74) is 0.964. The number of hydrogen-bond donors (Lipinski definition) is 1. The number of benzene rings is 3. The van der Waals surface area contributed by atoms with Crippen LogP contribution in [0.3, 0.4) is 0 Å². The standard InChI is InChI=1S/C28H32ClN3O5S/c1-4-26(28(34)30-3)31(19-21-11-9-10-14-25(21)29)27(33)20-32(22-12-7-6-8-13-22)38(35,36)24-17-15-23(16-18-24)37-5-2/h6-18,26H,4-5,19-20H2,1-3H3,(H,30,34)/t26-/m0/s1. The number of para-hydroxylation sites is 1. The van der Waals surface area contributed by atoms with Gasteiger partial charge in [-0.2, -0.15) is 0 Å². The summed E-state index contributed by atoms with van der Waals surface area (Å²) >= 11 is 6.37. The average Bonchev–Trinajstić information content (AvgIpc) is 2.93. The van der Waals surface area contributed by atoms with Crippen LogP contribution in [0, 0.1) is 0 Å². The second-order valence-electron chi connectivity index (χ2n) is 8.40. The van der Waals surface area contributed by atoms with Crippen molar-refractivity contribution < 1.29 is 22.7 Å². The number of nitrogens with one attached hydrogen (secondary N) is 1. The predicted molar refractivity (Wildman–Crippen MR) is 149 cm³/mol. The van der Waals surface area contributed by atoms with Crippen LogP contribution in [-0.4, -0.2) is 51.4 Å². The zero-order valence-corrected chi connectivity index (χ0v) is 23.2. The summed E-state index contributed by atoms with van der Waals surface area (Å²) < 4.78 is 34.1. The van der Waals surface area contributed by atoms with Crippen molar-refractivity contribution in [1.29, 1.82) is 0 Å². The Morgan fingerprint density at radius 3 is 2.16 bits per heavy atom. The zero-order chi connectivity index (χ0) is 27.7. The topological polar surface area (TPSA) is 96.0 Å². The molecule has 0 radical (unpaired) electrons. The fourth-order valence-electron chi connectivity index (χ4n) is 4.02. The van der Waals surface area contributed by atoms with E-state index >= 15 is 0 Å². The molecule has 10 heteroatoms. The van der Waals surface area contributed by atoms with Crippen LogP contribution >= 0.6 is 11.6 Å². The molecule has 2 amide bonds. The number of rotatable bonds is 12. The van der Waals surface area contributed by atoms with E-state index in [2.05, 4.69) is 5.32 Å². The lowest BCUT2D eigenvalue weighted by Crippen LogP contribution is -2.51. The molecule has 8 nitrogen and oxygen atoms in total. The van der Waals surface area contributed by atoms with Crippen molar-refractivity contribution in [2.75, 3.05) is 24.5 Å². The van der Waals surface area contributed by atoms with Gasteiger partial charge in [-0.25, -0.2) is 8.42 Å². The molecule has 0 aliphatic carbocycles. The molecule has 0 aliphatic heterocycles. The summed E-state index contributed by atoms with van der Waals surface area (Å²) in [4.78, 5) is 28.0. The van der Waals surface area contributed by atoms with Gasteiger partial charge in [0.1, 0.15) is 18.3 Å². The Hall–Kier alpha value is -3.56. The first-order valence-corrected chi connectivity index (χ1v) is 14.1. The van der Waals surface area contributed by atoms with Crippen LogP contribution in [0.15, 0.2) is 83.8 Å². The van der Waals surface area contributed by atoms with Crippen LogP contribution in [0.1, 0.15) is 25.8 Å². The maximum Gasteiger partial charge on any atom is 0.264 e. The normalized spacial score (nSPS) is 11.9. The number of carbonyl (C=O) groups excluding carboxylic acids is 2. The van der Waals surface area contributed by atoms with Crippen LogP contribution in [-0.2, 0) is 26.2 Å². The third-order valence-corrected chi connectivity index (χ3v) is 8.13. The van der Waals surface area contributed by atoms with Crippen molar-refractivity contribution in [3.05, 3.63) is 89.4 Å². The van der Waals surface area contributed by atoms with Gasteiger partial charge in [-0.05, 0) is 61.4 Å². The van der Waals surface area contributed by atoms with Crippen molar-refractivity contribution in [1.82, 2.24) is 10.2 Å². The summed E-state index contributed by atoms with van der Waals surface area (Å²) in [6.45, 7) is 3.60. The van der Waals surface area contributed by atoms with Crippen molar-refractivity contribution >= 4 is 39.1 Å². The quantitative estimate of drug-likeness (QED) is 0.354. The van der Waals surface area contributed by atoms with Crippen LogP contribution < -0.4 is 14.4 Å². The molecule has 0 unspecified atom stereocenters. The first-order chi connectivity index (χ1) is 18.2. The molecule has 3 aromatic carbocycles. The summed E-state index contributed by atoms with van der Waals surface area (Å²) in [6.07, 6.45) is 0.326. The van der Waals surface area contributed by atoms with Crippen molar-refractivity contribution in [3.63, 3.8) is 0 Å². The van der Waals surface area contributed by atoms with Crippen LogP contribution in [0.25, 0.3) is 0 Å². The Morgan fingerprint density at radius 2 is 1.58 bits per heavy atom. The van der Waals surface area contributed by atoms with E-state index < -0.39 is 28.5 Å². The van der Waals surface area contributed by atoms with Crippen molar-refractivity contribution in [2.45, 2.75) is 37.8 Å². The fraction of sp³-hybridized carbons (Fsp3) is 0.286. The summed E-state index contributed by atoms with van der Waals surface area (Å²) in [5.74, 6) is -0.358. The second-order valence-corrected chi connectivity index (χ2v) is 10.7. The lowest BCUT2D eigenvalue weighted by Gasteiger charge is -2.33. The molecule has 1 N–H and O–H groups in total. The van der Waals surface area contributed by atoms with Crippen molar-refractivity contribution in [2.24, 2.45) is 0 Å². The highest BCUT2D eigenvalue weighted by Crippen LogP contribution is 2.26. The predicted octanol–water partition coefficient (Wildman–Crippen LogP) is 4.49. The van der Waals surface area contributed by atoms with E-state index in [0.29, 0.717) is 35.1 Å². The molecule has 202 valence electrons. The summed E-state index contributed by atoms with van der Waals surface area (Å²) in [5, 5.41) is 3.04. The maximum atomic E-state index is 13.9. The number of carbonyl (C=O) groups is 2. The van der Waals surface area contributed by atoms with Crippen LogP contribution in [0.4, 0.5) is 5.69 Å². The molecule has 0 spiro atoms. The number of halogens is 1. The second kappa shape index (κ2) is 13.3. The molecule has 0 aliphatic rings. The van der Waals surface area contributed by atoms with Gasteiger partial charge < -0.3 is 15.0 Å². The largest absolute Gasteiger partial charge is 0.494 e. The SMILES string of the molecule is CCOc1ccc(S(=O)(=O)N(CC(=O)N(Cc2ccccc2Cl)[C@@H](CC)C(=O)NC)c2ccccc2)cc1. The van der Waals surface area contributed by atoms with Gasteiger partial charge in [-0.1, -0.05) is 54.9 Å². The molecule has 0 bridgehead atoms. The van der Waals surface area contributed by atoms with Crippen LogP contribution in [0.2, 0.25) is 5.02 Å². The summed E-state index contributed by atoms with van der Waals surface area (Å²) in [7, 11) is -2.65. The molecule has 0 saturated carbocycles. The van der Waals surface area contributed by atoms with Gasteiger partial charge in [0.05, 0.1) is 17.2 Å². The third kappa shape index (κ3) is 6.85. The Balaban J connectivity index is 2.03. The van der Waals surface area contributed by atoms with Crippen molar-refractivity contribution in [3.8, 4) is 5.75 Å². The van der Waals surface area contributed by atoms with Gasteiger partial charge >= 0.3 is 0 Å². The van der Waals surface area contributed by atoms with E-state index in [9.17, 15) is 18.0 Å². The molecule has 0 aromatic heterocycles.